The van der Waals surface area contributed by atoms with Crippen LogP contribution in [0.5, 0.6) is 0 Å². The van der Waals surface area contributed by atoms with Gasteiger partial charge in [-0.2, -0.15) is 9.36 Å². The third kappa shape index (κ3) is 44.7. The molecule has 0 unspecified atom stereocenters. The molecule has 0 aromatic carbocycles. The lowest BCUT2D eigenvalue weighted by Crippen LogP contribution is -1.88. The van der Waals surface area contributed by atoms with Crippen LogP contribution in [0.3, 0.4) is 0 Å². The number of rotatable bonds is 13. The molecule has 0 atom stereocenters. The van der Waals surface area contributed by atoms with Crippen molar-refractivity contribution in [2.24, 2.45) is 5.92 Å². The highest BCUT2D eigenvalue weighted by atomic mass is 32.1. The Bertz CT molecular complexity index is 2880. The van der Waals surface area contributed by atoms with E-state index in [-0.39, 0.29) is 0 Å². The van der Waals surface area contributed by atoms with E-state index in [1.165, 1.54) is 68.2 Å². The van der Waals surface area contributed by atoms with Gasteiger partial charge in [0.05, 0.1) is 41.5 Å². The van der Waals surface area contributed by atoms with E-state index in [0.29, 0.717) is 82.8 Å². The molecule has 12 aromatic rings. The van der Waals surface area contributed by atoms with Gasteiger partial charge in [-0.1, -0.05) is 219 Å². The van der Waals surface area contributed by atoms with Crippen LogP contribution in [-0.2, 0) is 0 Å². The van der Waals surface area contributed by atoms with Crippen LogP contribution in [-0.4, -0.2) is 89.3 Å². The maximum absolute atomic E-state index is 4.98. The van der Waals surface area contributed by atoms with Crippen LogP contribution in [0.1, 0.15) is 322 Å². The molecule has 12 aromatic heterocycles. The number of hydrogen-bond acceptors (Lipinski definition) is 30. The van der Waals surface area contributed by atoms with Crippen molar-refractivity contribution in [3.8, 4) is 0 Å². The maximum Gasteiger partial charge on any atom is 0.228 e. The van der Waals surface area contributed by atoms with Gasteiger partial charge in [-0.3, -0.25) is 4.98 Å². The summed E-state index contributed by atoms with van der Waals surface area (Å²) < 4.78 is 40.7. The third-order valence-corrected chi connectivity index (χ3v) is 19.0. The second-order valence-electron chi connectivity index (χ2n) is 26.5. The number of hydrogen-bond donors (Lipinski definition) is 0. The fourth-order valence-corrected chi connectivity index (χ4v) is 10.0. The van der Waals surface area contributed by atoms with Crippen molar-refractivity contribution < 1.29 is 26.8 Å². The topological polar surface area (TPSA) is 311 Å². The first-order valence-corrected chi connectivity index (χ1v) is 39.7. The zero-order valence-electron chi connectivity index (χ0n) is 65.8. The number of allylic oxidation sites excluding steroid dienone is 4. The van der Waals surface area contributed by atoms with Gasteiger partial charge in [0.2, 0.25) is 18.2 Å². The molecule has 104 heavy (non-hydrogen) atoms. The van der Waals surface area contributed by atoms with Crippen LogP contribution in [0.2, 0.25) is 0 Å². The summed E-state index contributed by atoms with van der Waals surface area (Å²) in [4.78, 5) is 27.7. The van der Waals surface area contributed by atoms with Gasteiger partial charge in [-0.15, -0.1) is 64.6 Å². The smallest absolute Gasteiger partial charge is 0.228 e. The minimum atomic E-state index is 0.345. The summed E-state index contributed by atoms with van der Waals surface area (Å²) in [6, 6.07) is 3.94. The van der Waals surface area contributed by atoms with E-state index in [9.17, 15) is 0 Å². The molecule has 30 heteroatoms. The van der Waals surface area contributed by atoms with Gasteiger partial charge >= 0.3 is 0 Å². The van der Waals surface area contributed by atoms with Crippen molar-refractivity contribution in [3.63, 3.8) is 0 Å². The summed E-state index contributed by atoms with van der Waals surface area (Å²) in [5.74, 6) is 11.6. The average molecular weight is 1540 g/mol. The largest absolute Gasteiger partial charge is 0.449 e. The van der Waals surface area contributed by atoms with E-state index >= 15 is 0 Å². The molecule has 572 valence electrons. The van der Waals surface area contributed by atoms with Crippen LogP contribution in [0.25, 0.3) is 0 Å². The van der Waals surface area contributed by atoms with E-state index in [0.717, 1.165) is 39.1 Å². The Labute approximate surface area is 642 Å². The monoisotopic (exact) mass is 1540 g/mol. The zero-order valence-corrected chi connectivity index (χ0v) is 70.7. The van der Waals surface area contributed by atoms with Crippen molar-refractivity contribution >= 4 is 68.6 Å². The first-order valence-electron chi connectivity index (χ1n) is 34.8. The van der Waals surface area contributed by atoms with E-state index in [2.05, 4.69) is 238 Å². The SMILES string of the molecule is CC(C)C1=CC=CC1.CC(C)c1ccno1.CC(C)c1ccns1.CC(C)c1cnco1.CC(C)c1cncs1.CC(C)c1cnno1.CC(C)c1cnns1.CC(C)c1ncco1.CC(C)c1nccs1.CC(C)c1ncno1.CC(C)c1ncns1.CC(C)c1nnco1.CC(C)c1nncs1. The zero-order chi connectivity index (χ0) is 77.8. The van der Waals surface area contributed by atoms with E-state index < -0.39 is 0 Å². The lowest BCUT2D eigenvalue weighted by atomic mass is 10.0. The highest BCUT2D eigenvalue weighted by Crippen LogP contribution is 2.22. The Morgan fingerprint density at radius 3 is 1.30 bits per heavy atom. The van der Waals surface area contributed by atoms with Crippen LogP contribution in [0.4, 0.5) is 0 Å². The average Bonchev–Trinajstić information content (AvgIpc) is 4.38. The second-order valence-corrected chi connectivity index (χ2v) is 31.7. The van der Waals surface area contributed by atoms with Crippen LogP contribution in [0, 0.1) is 5.92 Å². The third-order valence-electron chi connectivity index (χ3n) is 12.9. The molecule has 0 saturated carbocycles. The predicted octanol–water partition coefficient (Wildman–Crippen LogP) is 23.3. The Hall–Kier alpha value is -7.90. The normalized spacial score (nSPS) is 10.9. The molecule has 0 amide bonds. The second kappa shape index (κ2) is 56.5. The van der Waals surface area contributed by atoms with E-state index in [4.69, 9.17) is 26.8 Å². The summed E-state index contributed by atoms with van der Waals surface area (Å²) in [5, 5.41) is 37.9. The Kier molecular flexibility index (Phi) is 51.1. The van der Waals surface area contributed by atoms with Crippen molar-refractivity contribution in [3.05, 3.63) is 198 Å². The van der Waals surface area contributed by atoms with Crippen molar-refractivity contribution in [2.75, 3.05) is 0 Å². The fraction of sp³-hybridized carbons (Fsp3) is 0.541. The summed E-state index contributed by atoms with van der Waals surface area (Å²) in [6.07, 6.45) is 29.3. The Morgan fingerprint density at radius 2 is 1.05 bits per heavy atom. The van der Waals surface area contributed by atoms with Gasteiger partial charge in [0.25, 0.3) is 0 Å². The molecule has 13 rings (SSSR count). The van der Waals surface area contributed by atoms with Crippen LogP contribution in [0.15, 0.2) is 160 Å². The lowest BCUT2D eigenvalue weighted by molar-refractivity contribution is 0.352. The number of nitrogens with zero attached hydrogens (tertiary/aromatic N) is 18. The summed E-state index contributed by atoms with van der Waals surface area (Å²) in [7, 11) is 0. The number of oxazole rings is 2. The summed E-state index contributed by atoms with van der Waals surface area (Å²) in [5.41, 5.74) is 5.19. The first-order chi connectivity index (χ1) is 49.5. The standard InChI is InChI=1S/C8H12.3C6H9NO.3C6H9NS.3C5H8N2O.3C5H8N2S/c1-7(2)8-5-3-4-6-8;1-5(2)6-3-7-4-8-6;1-5(2)6-7-3-4-8-6;1-5(2)6-3-4-7-8-6;1-5(2)6-3-7-4-8-6;1-5(2)6-7-3-4-8-6;1-5(2)6-3-4-7-8-6;1-4(2)5-7-6-3-8-5;1-4(2)5-6-3-7-8-5;1-4(2)5-3-6-7-8-5;1-4(2)5-7-6-3-8-5;1-4(2)5-6-3-7-8-5;1-4(2)5-3-6-7-8-5/h3-5,7H,6H2,1-2H3;6*3-5H,1-2H3;6*3-4H,1-2H3. The first kappa shape index (κ1) is 94.1. The van der Waals surface area contributed by atoms with Crippen molar-refractivity contribution in [2.45, 2.75) is 257 Å². The molecule has 24 nitrogen and oxygen atoms in total. The molecule has 0 spiro atoms. The molecule has 0 aliphatic heterocycles. The molecule has 0 fully saturated rings. The van der Waals surface area contributed by atoms with Crippen LogP contribution >= 0.6 is 68.6 Å². The highest BCUT2D eigenvalue weighted by Gasteiger charge is 2.08. The van der Waals surface area contributed by atoms with E-state index in [1.54, 1.807) is 94.0 Å². The molecular weight excluding hydrogens is 1430 g/mol. The molecule has 1 aliphatic carbocycles. The molecular formula is C74H114N18O6S6. The number of aromatic nitrogens is 18. The van der Waals surface area contributed by atoms with E-state index in [1.807, 2.05) is 97.1 Å². The van der Waals surface area contributed by atoms with Gasteiger partial charge in [-0.25, -0.2) is 24.3 Å². The van der Waals surface area contributed by atoms with Gasteiger partial charge in [0, 0.05) is 103 Å². The van der Waals surface area contributed by atoms with Gasteiger partial charge < -0.3 is 26.8 Å². The minimum absolute atomic E-state index is 0.345. The van der Waals surface area contributed by atoms with Crippen molar-refractivity contribution in [1.29, 1.82) is 0 Å². The van der Waals surface area contributed by atoms with Crippen molar-refractivity contribution in [1.82, 2.24) is 89.3 Å². The molecule has 1 aliphatic rings. The molecule has 0 saturated heterocycles. The predicted molar refractivity (Wildman–Crippen MR) is 424 cm³/mol. The molecule has 0 bridgehead atoms. The number of thiazole rings is 2. The lowest BCUT2D eigenvalue weighted by Gasteiger charge is -2.02. The van der Waals surface area contributed by atoms with Crippen LogP contribution < -0.4 is 0 Å². The van der Waals surface area contributed by atoms with Gasteiger partial charge in [0.15, 0.2) is 24.4 Å². The molecule has 12 heterocycles. The maximum atomic E-state index is 4.98. The minimum Gasteiger partial charge on any atom is -0.449 e. The fourth-order valence-electron chi connectivity index (χ4n) is 6.60. The summed E-state index contributed by atoms with van der Waals surface area (Å²) >= 11 is 9.57. The summed E-state index contributed by atoms with van der Waals surface area (Å²) in [6.45, 7) is 54.6. The Morgan fingerprint density at radius 1 is 0.375 bits per heavy atom. The Balaban J connectivity index is 0.000000563. The quantitative estimate of drug-likeness (QED) is 0.103. The molecule has 0 N–H and O–H groups in total. The highest BCUT2D eigenvalue weighted by molar-refractivity contribution is 7.10. The van der Waals surface area contributed by atoms with Gasteiger partial charge in [0.1, 0.15) is 39.6 Å². The van der Waals surface area contributed by atoms with Gasteiger partial charge in [-0.05, 0) is 70.8 Å². The molecule has 0 radical (unpaired) electrons.